The molecule has 0 aliphatic heterocycles. The Morgan fingerprint density at radius 3 is 2.08 bits per heavy atom. The van der Waals surface area contributed by atoms with E-state index in [0.717, 1.165) is 16.8 Å². The molecule has 0 fully saturated rings. The van der Waals surface area contributed by atoms with E-state index in [4.69, 9.17) is 0 Å². The number of nitrogens with one attached hydrogen (secondary N) is 1. The van der Waals surface area contributed by atoms with Crippen LogP contribution in [0.25, 0.3) is 16.9 Å². The van der Waals surface area contributed by atoms with Gasteiger partial charge < -0.3 is 4.90 Å². The molecular formula is C31H25FN4O2. The number of anilines is 1. The van der Waals surface area contributed by atoms with E-state index in [1.54, 1.807) is 10.6 Å². The fourth-order valence-electron chi connectivity index (χ4n) is 4.15. The maximum atomic E-state index is 14.5. The second-order valence-corrected chi connectivity index (χ2v) is 8.70. The molecule has 0 unspecified atom stereocenters. The molecule has 0 saturated heterocycles. The second kappa shape index (κ2) is 11.3. The number of carbonyl (C=O) groups excluding carboxylic acids is 2. The van der Waals surface area contributed by atoms with Crippen molar-refractivity contribution < 1.29 is 14.0 Å². The van der Waals surface area contributed by atoms with E-state index in [1.807, 2.05) is 97.2 Å². The zero-order chi connectivity index (χ0) is 26.3. The molecule has 188 valence electrons. The number of hydrogen-bond donors (Lipinski definition) is 1. The minimum atomic E-state index is -0.636. The Morgan fingerprint density at radius 1 is 0.789 bits per heavy atom. The Labute approximate surface area is 220 Å². The SMILES string of the molecule is O=C(CN(Cc1ccccc1)C(=O)c1ccccc1F)Nc1nc(-c2ccccc2)cn1-c1ccccc1. The van der Waals surface area contributed by atoms with Gasteiger partial charge in [0, 0.05) is 24.0 Å². The normalized spacial score (nSPS) is 10.7. The molecule has 0 atom stereocenters. The first kappa shape index (κ1) is 24.6. The third kappa shape index (κ3) is 5.68. The summed E-state index contributed by atoms with van der Waals surface area (Å²) < 4.78 is 16.3. The third-order valence-electron chi connectivity index (χ3n) is 6.00. The van der Waals surface area contributed by atoms with Crippen molar-refractivity contribution in [3.63, 3.8) is 0 Å². The molecule has 7 heteroatoms. The van der Waals surface area contributed by atoms with Gasteiger partial charge in [-0.3, -0.25) is 19.5 Å². The summed E-state index contributed by atoms with van der Waals surface area (Å²) in [6, 6.07) is 34.2. The first-order valence-electron chi connectivity index (χ1n) is 12.2. The van der Waals surface area contributed by atoms with Crippen LogP contribution in [0.1, 0.15) is 15.9 Å². The average molecular weight is 505 g/mol. The number of benzene rings is 4. The van der Waals surface area contributed by atoms with Gasteiger partial charge in [-0.05, 0) is 29.8 Å². The summed E-state index contributed by atoms with van der Waals surface area (Å²) in [7, 11) is 0. The van der Waals surface area contributed by atoms with Gasteiger partial charge in [0.15, 0.2) is 0 Å². The van der Waals surface area contributed by atoms with Crippen LogP contribution in [-0.4, -0.2) is 32.8 Å². The first-order chi connectivity index (χ1) is 18.6. The van der Waals surface area contributed by atoms with Crippen molar-refractivity contribution in [1.82, 2.24) is 14.5 Å². The maximum absolute atomic E-state index is 14.5. The first-order valence-corrected chi connectivity index (χ1v) is 12.2. The van der Waals surface area contributed by atoms with Gasteiger partial charge in [-0.25, -0.2) is 9.37 Å². The number of imidazole rings is 1. The monoisotopic (exact) mass is 504 g/mol. The molecule has 2 amide bonds. The van der Waals surface area contributed by atoms with Crippen LogP contribution in [0.2, 0.25) is 0 Å². The Morgan fingerprint density at radius 2 is 1.39 bits per heavy atom. The van der Waals surface area contributed by atoms with Crippen LogP contribution in [0.4, 0.5) is 10.3 Å². The quantitative estimate of drug-likeness (QED) is 0.284. The molecule has 4 aromatic carbocycles. The van der Waals surface area contributed by atoms with E-state index in [1.165, 1.54) is 23.1 Å². The Hall–Kier alpha value is -5.04. The fraction of sp³-hybridized carbons (Fsp3) is 0.0645. The van der Waals surface area contributed by atoms with Crippen molar-refractivity contribution in [2.24, 2.45) is 0 Å². The van der Waals surface area contributed by atoms with Gasteiger partial charge in [0.25, 0.3) is 5.91 Å². The van der Waals surface area contributed by atoms with Crippen molar-refractivity contribution in [1.29, 1.82) is 0 Å². The number of amides is 2. The molecule has 1 aromatic heterocycles. The molecule has 5 rings (SSSR count). The maximum Gasteiger partial charge on any atom is 0.257 e. The number of hydrogen-bond acceptors (Lipinski definition) is 3. The number of halogens is 1. The van der Waals surface area contributed by atoms with Crippen LogP contribution in [0.15, 0.2) is 121 Å². The highest BCUT2D eigenvalue weighted by molar-refractivity contribution is 5.99. The molecule has 0 spiro atoms. The second-order valence-electron chi connectivity index (χ2n) is 8.70. The van der Waals surface area contributed by atoms with Crippen molar-refractivity contribution in [2.45, 2.75) is 6.54 Å². The average Bonchev–Trinajstić information content (AvgIpc) is 3.38. The number of para-hydroxylation sites is 1. The lowest BCUT2D eigenvalue weighted by Gasteiger charge is -2.23. The van der Waals surface area contributed by atoms with Crippen LogP contribution >= 0.6 is 0 Å². The Balaban J connectivity index is 1.43. The number of nitrogens with zero attached hydrogens (tertiary/aromatic N) is 3. The highest BCUT2D eigenvalue weighted by atomic mass is 19.1. The van der Waals surface area contributed by atoms with E-state index in [2.05, 4.69) is 10.3 Å². The molecule has 5 aromatic rings. The smallest absolute Gasteiger partial charge is 0.257 e. The minimum absolute atomic E-state index is 0.0895. The van der Waals surface area contributed by atoms with Crippen molar-refractivity contribution in [3.8, 4) is 16.9 Å². The summed E-state index contributed by atoms with van der Waals surface area (Å²) >= 11 is 0. The van der Waals surface area contributed by atoms with Crippen molar-refractivity contribution in [3.05, 3.63) is 138 Å². The van der Waals surface area contributed by atoms with E-state index < -0.39 is 17.6 Å². The molecule has 1 N–H and O–H groups in total. The fourth-order valence-corrected chi connectivity index (χ4v) is 4.15. The molecule has 0 bridgehead atoms. The van der Waals surface area contributed by atoms with Crippen LogP contribution in [0.5, 0.6) is 0 Å². The lowest BCUT2D eigenvalue weighted by atomic mass is 10.1. The predicted molar refractivity (Wildman–Crippen MR) is 145 cm³/mol. The minimum Gasteiger partial charge on any atom is -0.325 e. The molecule has 0 aliphatic rings. The number of carbonyl (C=O) groups is 2. The highest BCUT2D eigenvalue weighted by Gasteiger charge is 2.23. The van der Waals surface area contributed by atoms with Crippen LogP contribution < -0.4 is 5.32 Å². The lowest BCUT2D eigenvalue weighted by molar-refractivity contribution is -0.117. The van der Waals surface area contributed by atoms with Gasteiger partial charge in [0.2, 0.25) is 11.9 Å². The molecule has 6 nitrogen and oxygen atoms in total. The van der Waals surface area contributed by atoms with Gasteiger partial charge in [-0.1, -0.05) is 91.0 Å². The summed E-state index contributed by atoms with van der Waals surface area (Å²) in [5, 5.41) is 2.86. The van der Waals surface area contributed by atoms with Gasteiger partial charge in [-0.15, -0.1) is 0 Å². The number of aromatic nitrogens is 2. The topological polar surface area (TPSA) is 67.2 Å². The molecule has 0 saturated carbocycles. The summed E-state index contributed by atoms with van der Waals surface area (Å²) in [5.41, 5.74) is 3.14. The highest BCUT2D eigenvalue weighted by Crippen LogP contribution is 2.24. The third-order valence-corrected chi connectivity index (χ3v) is 6.00. The van der Waals surface area contributed by atoms with Crippen molar-refractivity contribution in [2.75, 3.05) is 11.9 Å². The van der Waals surface area contributed by atoms with E-state index in [9.17, 15) is 14.0 Å². The van der Waals surface area contributed by atoms with Crippen LogP contribution in [-0.2, 0) is 11.3 Å². The Bertz CT molecular complexity index is 1540. The van der Waals surface area contributed by atoms with Crippen molar-refractivity contribution >= 4 is 17.8 Å². The molecule has 0 aliphatic carbocycles. The van der Waals surface area contributed by atoms with E-state index in [-0.39, 0.29) is 18.7 Å². The number of rotatable bonds is 8. The van der Waals surface area contributed by atoms with E-state index >= 15 is 0 Å². The van der Waals surface area contributed by atoms with Gasteiger partial charge in [0.1, 0.15) is 12.4 Å². The van der Waals surface area contributed by atoms with E-state index in [0.29, 0.717) is 11.6 Å². The molecule has 1 heterocycles. The summed E-state index contributed by atoms with van der Waals surface area (Å²) in [4.78, 5) is 32.6. The Kier molecular flexibility index (Phi) is 7.36. The van der Waals surface area contributed by atoms with Crippen LogP contribution in [0, 0.1) is 5.82 Å². The molecule has 0 radical (unpaired) electrons. The zero-order valence-electron chi connectivity index (χ0n) is 20.5. The van der Waals surface area contributed by atoms with Gasteiger partial charge >= 0.3 is 0 Å². The predicted octanol–water partition coefficient (Wildman–Crippen LogP) is 5.96. The molecular weight excluding hydrogens is 479 g/mol. The largest absolute Gasteiger partial charge is 0.325 e. The van der Waals surface area contributed by atoms with Gasteiger partial charge in [0.05, 0.1) is 11.3 Å². The standard InChI is InChI=1S/C31H25FN4O2/c32-27-19-11-10-18-26(27)30(38)35(20-23-12-4-1-5-13-23)22-29(37)34-31-33-28(24-14-6-2-7-15-24)21-36(31)25-16-8-3-9-17-25/h1-19,21H,20,22H2,(H,33,34,37). The van der Waals surface area contributed by atoms with Crippen LogP contribution in [0.3, 0.4) is 0 Å². The molecule has 38 heavy (non-hydrogen) atoms. The summed E-state index contributed by atoms with van der Waals surface area (Å²) in [6.45, 7) is -0.145. The zero-order valence-corrected chi connectivity index (χ0v) is 20.5. The summed E-state index contributed by atoms with van der Waals surface area (Å²) in [6.07, 6.45) is 1.85. The lowest BCUT2D eigenvalue weighted by Crippen LogP contribution is -2.38. The summed E-state index contributed by atoms with van der Waals surface area (Å²) in [5.74, 6) is -1.34. The van der Waals surface area contributed by atoms with Gasteiger partial charge in [-0.2, -0.15) is 0 Å².